The standard InChI is InChI=1S/C19H30N4O2/c24-19(22-10-7-15(8-11-22)18-6-3-13-25-18)20-14-16-9-12-23(21-16)17-4-1-2-5-17/h9,12,15,17-18H,1-8,10-11,13-14H2,(H,20,24)/t18-/m1/s1. The molecule has 1 aromatic heterocycles. The molecule has 2 saturated heterocycles. The largest absolute Gasteiger partial charge is 0.378 e. The molecule has 0 bridgehead atoms. The summed E-state index contributed by atoms with van der Waals surface area (Å²) < 4.78 is 7.89. The number of urea groups is 1. The molecular weight excluding hydrogens is 316 g/mol. The van der Waals surface area contributed by atoms with Crippen molar-refractivity contribution in [1.29, 1.82) is 0 Å². The lowest BCUT2D eigenvalue weighted by Gasteiger charge is -2.34. The van der Waals surface area contributed by atoms with Gasteiger partial charge in [-0.2, -0.15) is 5.10 Å². The van der Waals surface area contributed by atoms with Crippen LogP contribution in [0.15, 0.2) is 12.3 Å². The summed E-state index contributed by atoms with van der Waals surface area (Å²) in [5.41, 5.74) is 0.953. The molecule has 1 aromatic rings. The van der Waals surface area contributed by atoms with Crippen molar-refractivity contribution >= 4 is 6.03 Å². The third-order valence-corrected chi connectivity index (χ3v) is 6.10. The SMILES string of the molecule is O=C(NCc1ccn(C2CCCC2)n1)N1CCC([C@H]2CCCO2)CC1. The minimum Gasteiger partial charge on any atom is -0.378 e. The highest BCUT2D eigenvalue weighted by Crippen LogP contribution is 2.29. The quantitative estimate of drug-likeness (QED) is 0.911. The van der Waals surface area contributed by atoms with Crippen LogP contribution >= 0.6 is 0 Å². The molecule has 0 unspecified atom stereocenters. The Morgan fingerprint density at radius 3 is 2.68 bits per heavy atom. The number of hydrogen-bond acceptors (Lipinski definition) is 3. The highest BCUT2D eigenvalue weighted by atomic mass is 16.5. The van der Waals surface area contributed by atoms with Crippen LogP contribution in [0.3, 0.4) is 0 Å². The van der Waals surface area contributed by atoms with Crippen LogP contribution in [-0.2, 0) is 11.3 Å². The van der Waals surface area contributed by atoms with Gasteiger partial charge in [-0.15, -0.1) is 0 Å². The fourth-order valence-electron chi connectivity index (χ4n) is 4.57. The van der Waals surface area contributed by atoms with Crippen molar-refractivity contribution in [2.75, 3.05) is 19.7 Å². The summed E-state index contributed by atoms with van der Waals surface area (Å²) in [5, 5.41) is 7.68. The molecule has 6 nitrogen and oxygen atoms in total. The Morgan fingerprint density at radius 2 is 1.96 bits per heavy atom. The number of nitrogens with one attached hydrogen (secondary N) is 1. The molecule has 25 heavy (non-hydrogen) atoms. The topological polar surface area (TPSA) is 59.4 Å². The van der Waals surface area contributed by atoms with E-state index in [0.717, 1.165) is 38.2 Å². The highest BCUT2D eigenvalue weighted by molar-refractivity contribution is 5.74. The Hall–Kier alpha value is -1.56. The first kappa shape index (κ1) is 16.9. The minimum atomic E-state index is 0.0428. The molecule has 0 radical (unpaired) electrons. The second-order valence-corrected chi connectivity index (χ2v) is 7.76. The lowest BCUT2D eigenvalue weighted by molar-refractivity contribution is 0.0372. The highest BCUT2D eigenvalue weighted by Gasteiger charge is 2.30. The molecule has 138 valence electrons. The predicted molar refractivity (Wildman–Crippen MR) is 95.2 cm³/mol. The molecule has 3 aliphatic rings. The van der Waals surface area contributed by atoms with Gasteiger partial charge in [0.1, 0.15) is 0 Å². The van der Waals surface area contributed by atoms with E-state index in [0.29, 0.717) is 24.6 Å². The Labute approximate surface area is 149 Å². The van der Waals surface area contributed by atoms with Gasteiger partial charge in [0.2, 0.25) is 0 Å². The molecule has 3 heterocycles. The third-order valence-electron chi connectivity index (χ3n) is 6.10. The summed E-state index contributed by atoms with van der Waals surface area (Å²) in [6.45, 7) is 3.11. The van der Waals surface area contributed by atoms with Crippen molar-refractivity contribution in [3.8, 4) is 0 Å². The van der Waals surface area contributed by atoms with Gasteiger partial charge in [0.15, 0.2) is 0 Å². The first-order valence-corrected chi connectivity index (χ1v) is 9.98. The van der Waals surface area contributed by atoms with Crippen LogP contribution in [0.2, 0.25) is 0 Å². The fourth-order valence-corrected chi connectivity index (χ4v) is 4.57. The van der Waals surface area contributed by atoms with Crippen molar-refractivity contribution < 1.29 is 9.53 Å². The Balaban J connectivity index is 1.21. The number of carbonyl (C=O) groups is 1. The van der Waals surface area contributed by atoms with Gasteiger partial charge in [0.25, 0.3) is 0 Å². The average molecular weight is 346 g/mol. The number of amides is 2. The number of nitrogens with zero attached hydrogens (tertiary/aromatic N) is 3. The van der Waals surface area contributed by atoms with Crippen LogP contribution in [0.4, 0.5) is 4.79 Å². The maximum absolute atomic E-state index is 12.4. The second-order valence-electron chi connectivity index (χ2n) is 7.76. The van der Waals surface area contributed by atoms with E-state index in [1.54, 1.807) is 0 Å². The minimum absolute atomic E-state index is 0.0428. The number of hydrogen-bond donors (Lipinski definition) is 1. The summed E-state index contributed by atoms with van der Waals surface area (Å²) in [7, 11) is 0. The van der Waals surface area contributed by atoms with Crippen LogP contribution in [0.5, 0.6) is 0 Å². The van der Waals surface area contributed by atoms with E-state index in [9.17, 15) is 4.79 Å². The van der Waals surface area contributed by atoms with E-state index in [2.05, 4.69) is 21.3 Å². The number of aromatic nitrogens is 2. The van der Waals surface area contributed by atoms with E-state index in [4.69, 9.17) is 4.74 Å². The van der Waals surface area contributed by atoms with Gasteiger partial charge in [0, 0.05) is 25.9 Å². The zero-order chi connectivity index (χ0) is 17.1. The number of rotatable bonds is 4. The smallest absolute Gasteiger partial charge is 0.317 e. The van der Waals surface area contributed by atoms with Crippen molar-refractivity contribution in [3.63, 3.8) is 0 Å². The Bertz CT molecular complexity index is 568. The first-order valence-electron chi connectivity index (χ1n) is 9.98. The van der Waals surface area contributed by atoms with E-state index in [-0.39, 0.29) is 6.03 Å². The lowest BCUT2D eigenvalue weighted by atomic mass is 9.90. The molecular formula is C19H30N4O2. The summed E-state index contributed by atoms with van der Waals surface area (Å²) in [5.74, 6) is 0.633. The molecule has 1 aliphatic carbocycles. The van der Waals surface area contributed by atoms with Crippen molar-refractivity contribution in [2.24, 2.45) is 5.92 Å². The van der Waals surface area contributed by atoms with Crippen LogP contribution in [-0.4, -0.2) is 46.5 Å². The number of likely N-dealkylation sites (tertiary alicyclic amines) is 1. The second kappa shape index (κ2) is 7.77. The first-order chi connectivity index (χ1) is 12.3. The van der Waals surface area contributed by atoms with Crippen molar-refractivity contribution in [1.82, 2.24) is 20.0 Å². The summed E-state index contributed by atoms with van der Waals surface area (Å²) in [6.07, 6.45) is 12.1. The third kappa shape index (κ3) is 4.00. The normalized spacial score (nSPS) is 25.6. The molecule has 2 amide bonds. The fraction of sp³-hybridized carbons (Fsp3) is 0.789. The van der Waals surface area contributed by atoms with Crippen LogP contribution in [0.1, 0.15) is 63.1 Å². The van der Waals surface area contributed by atoms with Gasteiger partial charge in [0.05, 0.1) is 24.4 Å². The summed E-state index contributed by atoms with van der Waals surface area (Å²) in [6, 6.07) is 2.63. The molecule has 3 fully saturated rings. The molecule has 4 rings (SSSR count). The van der Waals surface area contributed by atoms with Gasteiger partial charge in [-0.1, -0.05) is 12.8 Å². The number of carbonyl (C=O) groups excluding carboxylic acids is 1. The van der Waals surface area contributed by atoms with E-state index in [1.165, 1.54) is 38.5 Å². The molecule has 0 spiro atoms. The molecule has 1 saturated carbocycles. The molecule has 1 N–H and O–H groups in total. The van der Waals surface area contributed by atoms with E-state index in [1.807, 2.05) is 11.0 Å². The lowest BCUT2D eigenvalue weighted by Crippen LogP contribution is -2.45. The van der Waals surface area contributed by atoms with Crippen LogP contribution in [0.25, 0.3) is 0 Å². The van der Waals surface area contributed by atoms with Crippen LogP contribution < -0.4 is 5.32 Å². The molecule has 0 aromatic carbocycles. The van der Waals surface area contributed by atoms with Gasteiger partial charge in [-0.25, -0.2) is 4.79 Å². The van der Waals surface area contributed by atoms with E-state index < -0.39 is 0 Å². The predicted octanol–water partition coefficient (Wildman–Crippen LogP) is 3.10. The Kier molecular flexibility index (Phi) is 5.25. The van der Waals surface area contributed by atoms with Crippen LogP contribution in [0, 0.1) is 5.92 Å². The average Bonchev–Trinajstić information content (AvgIpc) is 3.42. The van der Waals surface area contributed by atoms with Crippen molar-refractivity contribution in [3.05, 3.63) is 18.0 Å². The molecule has 1 atom stereocenters. The molecule has 2 aliphatic heterocycles. The van der Waals surface area contributed by atoms with Gasteiger partial charge in [-0.3, -0.25) is 4.68 Å². The molecule has 6 heteroatoms. The zero-order valence-electron chi connectivity index (χ0n) is 15.0. The van der Waals surface area contributed by atoms with Gasteiger partial charge < -0.3 is 15.0 Å². The van der Waals surface area contributed by atoms with Gasteiger partial charge >= 0.3 is 6.03 Å². The van der Waals surface area contributed by atoms with E-state index >= 15 is 0 Å². The monoisotopic (exact) mass is 346 g/mol. The zero-order valence-corrected chi connectivity index (χ0v) is 15.0. The summed E-state index contributed by atoms with van der Waals surface area (Å²) >= 11 is 0. The maximum atomic E-state index is 12.4. The maximum Gasteiger partial charge on any atom is 0.317 e. The number of piperidine rings is 1. The Morgan fingerprint density at radius 1 is 1.16 bits per heavy atom. The van der Waals surface area contributed by atoms with Crippen molar-refractivity contribution in [2.45, 2.75) is 70.1 Å². The summed E-state index contributed by atoms with van der Waals surface area (Å²) in [4.78, 5) is 14.4. The van der Waals surface area contributed by atoms with Gasteiger partial charge in [-0.05, 0) is 50.5 Å². The number of ether oxygens (including phenoxy) is 1.